The van der Waals surface area contributed by atoms with Crippen LogP contribution in [0.2, 0.25) is 0 Å². The fraction of sp³-hybridized carbons (Fsp3) is 0.500. The molecule has 0 unspecified atom stereocenters. The van der Waals surface area contributed by atoms with Crippen LogP contribution in [0.4, 0.5) is 0 Å². The zero-order valence-electron chi connectivity index (χ0n) is 9.29. The fourth-order valence-electron chi connectivity index (χ4n) is 1.41. The van der Waals surface area contributed by atoms with Gasteiger partial charge in [0.2, 0.25) is 0 Å². The third-order valence-corrected chi connectivity index (χ3v) is 2.34. The number of aryl methyl sites for hydroxylation is 1. The van der Waals surface area contributed by atoms with E-state index in [1.807, 2.05) is 0 Å². The molecule has 0 radical (unpaired) electrons. The smallest absolute Gasteiger partial charge is 0.0555 e. The van der Waals surface area contributed by atoms with E-state index >= 15 is 0 Å². The minimum Gasteiger partial charge on any atom is -0.395 e. The number of hydrogen-bond donors (Lipinski definition) is 3. The lowest BCUT2D eigenvalue weighted by Crippen LogP contribution is -2.28. The molecule has 0 amide bonds. The first-order valence-corrected chi connectivity index (χ1v) is 5.41. The zero-order chi connectivity index (χ0) is 10.9. The van der Waals surface area contributed by atoms with Crippen molar-refractivity contribution >= 4 is 0 Å². The van der Waals surface area contributed by atoms with E-state index < -0.39 is 0 Å². The molecule has 0 bridgehead atoms. The summed E-state index contributed by atoms with van der Waals surface area (Å²) in [5, 5.41) is 15.0. The molecule has 0 fully saturated rings. The van der Waals surface area contributed by atoms with Crippen LogP contribution >= 0.6 is 0 Å². The molecule has 1 aromatic rings. The lowest BCUT2D eigenvalue weighted by atomic mass is 10.1. The maximum atomic E-state index is 8.55. The first-order valence-electron chi connectivity index (χ1n) is 5.41. The molecular weight excluding hydrogens is 188 g/mol. The van der Waals surface area contributed by atoms with Crippen LogP contribution in [-0.2, 0) is 6.54 Å². The Balaban J connectivity index is 2.12. The Hall–Kier alpha value is -0.900. The molecule has 1 rings (SSSR count). The van der Waals surface area contributed by atoms with Crippen molar-refractivity contribution in [2.75, 3.05) is 26.2 Å². The molecule has 1 aromatic carbocycles. The molecule has 0 saturated carbocycles. The average molecular weight is 208 g/mol. The van der Waals surface area contributed by atoms with Crippen molar-refractivity contribution in [1.82, 2.24) is 10.6 Å². The second-order valence-electron chi connectivity index (χ2n) is 3.58. The summed E-state index contributed by atoms with van der Waals surface area (Å²) in [6.07, 6.45) is 0. The van der Waals surface area contributed by atoms with Gasteiger partial charge in [0.1, 0.15) is 0 Å². The SMILES string of the molecule is Cc1ccccc1CNCCNCCO. The van der Waals surface area contributed by atoms with E-state index in [9.17, 15) is 0 Å². The van der Waals surface area contributed by atoms with Gasteiger partial charge in [-0.1, -0.05) is 24.3 Å². The average Bonchev–Trinajstić information content (AvgIpc) is 2.25. The summed E-state index contributed by atoms with van der Waals surface area (Å²) in [5.41, 5.74) is 2.67. The lowest BCUT2D eigenvalue weighted by Gasteiger charge is -2.07. The second-order valence-corrected chi connectivity index (χ2v) is 3.58. The Kier molecular flexibility index (Phi) is 6.00. The molecule has 0 aliphatic heterocycles. The van der Waals surface area contributed by atoms with Gasteiger partial charge in [0.05, 0.1) is 6.61 Å². The molecule has 15 heavy (non-hydrogen) atoms. The van der Waals surface area contributed by atoms with E-state index in [1.165, 1.54) is 11.1 Å². The Morgan fingerprint density at radius 2 is 1.80 bits per heavy atom. The minimum atomic E-state index is 0.206. The summed E-state index contributed by atoms with van der Waals surface area (Å²) in [7, 11) is 0. The van der Waals surface area contributed by atoms with Crippen molar-refractivity contribution in [3.05, 3.63) is 35.4 Å². The van der Waals surface area contributed by atoms with Gasteiger partial charge in [-0.3, -0.25) is 0 Å². The highest BCUT2D eigenvalue weighted by Crippen LogP contribution is 2.05. The van der Waals surface area contributed by atoms with Crippen LogP contribution < -0.4 is 10.6 Å². The summed E-state index contributed by atoms with van der Waals surface area (Å²) >= 11 is 0. The quantitative estimate of drug-likeness (QED) is 0.577. The first-order chi connectivity index (χ1) is 7.34. The van der Waals surface area contributed by atoms with Crippen LogP contribution in [0, 0.1) is 6.92 Å². The molecule has 84 valence electrons. The van der Waals surface area contributed by atoms with Gasteiger partial charge in [-0.2, -0.15) is 0 Å². The van der Waals surface area contributed by atoms with Gasteiger partial charge in [-0.15, -0.1) is 0 Å². The van der Waals surface area contributed by atoms with Gasteiger partial charge < -0.3 is 15.7 Å². The van der Waals surface area contributed by atoms with Gasteiger partial charge in [-0.25, -0.2) is 0 Å². The molecule has 3 nitrogen and oxygen atoms in total. The van der Waals surface area contributed by atoms with Gasteiger partial charge in [0, 0.05) is 26.2 Å². The number of aliphatic hydroxyl groups is 1. The van der Waals surface area contributed by atoms with Crippen molar-refractivity contribution in [2.45, 2.75) is 13.5 Å². The maximum absolute atomic E-state index is 8.55. The first kappa shape index (κ1) is 12.2. The number of benzene rings is 1. The highest BCUT2D eigenvalue weighted by atomic mass is 16.3. The second kappa shape index (κ2) is 7.40. The van der Waals surface area contributed by atoms with E-state index in [1.54, 1.807) is 0 Å². The third kappa shape index (κ3) is 4.93. The molecule has 0 aliphatic carbocycles. The minimum absolute atomic E-state index is 0.206. The Labute approximate surface area is 91.5 Å². The molecule has 0 spiro atoms. The summed E-state index contributed by atoms with van der Waals surface area (Å²) in [6, 6.07) is 8.39. The predicted octanol–water partition coefficient (Wildman–Crippen LogP) is 0.667. The van der Waals surface area contributed by atoms with E-state index in [0.29, 0.717) is 6.54 Å². The van der Waals surface area contributed by atoms with Crippen molar-refractivity contribution in [1.29, 1.82) is 0 Å². The molecule has 3 heteroatoms. The molecule has 0 heterocycles. The molecule has 0 atom stereocenters. The van der Waals surface area contributed by atoms with E-state index in [2.05, 4.69) is 41.8 Å². The highest BCUT2D eigenvalue weighted by molar-refractivity contribution is 5.25. The topological polar surface area (TPSA) is 44.3 Å². The van der Waals surface area contributed by atoms with Crippen LogP contribution in [-0.4, -0.2) is 31.3 Å². The Bertz CT molecular complexity index is 276. The van der Waals surface area contributed by atoms with Crippen molar-refractivity contribution in [3.8, 4) is 0 Å². The molecule has 0 aromatic heterocycles. The van der Waals surface area contributed by atoms with E-state index in [0.717, 1.165) is 19.6 Å². The van der Waals surface area contributed by atoms with Crippen molar-refractivity contribution in [2.24, 2.45) is 0 Å². The number of rotatable bonds is 7. The molecule has 0 saturated heterocycles. The third-order valence-electron chi connectivity index (χ3n) is 2.34. The maximum Gasteiger partial charge on any atom is 0.0555 e. The summed E-state index contributed by atoms with van der Waals surface area (Å²) in [5.74, 6) is 0. The lowest BCUT2D eigenvalue weighted by molar-refractivity contribution is 0.292. The van der Waals surface area contributed by atoms with Crippen LogP contribution in [0.1, 0.15) is 11.1 Å². The fourth-order valence-corrected chi connectivity index (χ4v) is 1.41. The monoisotopic (exact) mass is 208 g/mol. The van der Waals surface area contributed by atoms with Gasteiger partial charge in [-0.05, 0) is 18.1 Å². The van der Waals surface area contributed by atoms with Gasteiger partial charge >= 0.3 is 0 Å². The normalized spacial score (nSPS) is 10.5. The number of hydrogen-bond acceptors (Lipinski definition) is 3. The zero-order valence-corrected chi connectivity index (χ0v) is 9.29. The van der Waals surface area contributed by atoms with E-state index in [4.69, 9.17) is 5.11 Å². The van der Waals surface area contributed by atoms with Crippen LogP contribution in [0.3, 0.4) is 0 Å². The summed E-state index contributed by atoms with van der Waals surface area (Å²) in [6.45, 7) is 5.74. The predicted molar refractivity (Wildman–Crippen MR) is 62.8 cm³/mol. The standard InChI is InChI=1S/C12H20N2O/c1-11-4-2-3-5-12(11)10-14-7-6-13-8-9-15/h2-5,13-15H,6-10H2,1H3. The molecular formula is C12H20N2O. The summed E-state index contributed by atoms with van der Waals surface area (Å²) in [4.78, 5) is 0. The molecule has 3 N–H and O–H groups in total. The Morgan fingerprint density at radius 1 is 1.07 bits per heavy atom. The van der Waals surface area contributed by atoms with Crippen LogP contribution in [0.5, 0.6) is 0 Å². The van der Waals surface area contributed by atoms with Crippen LogP contribution in [0.25, 0.3) is 0 Å². The largest absolute Gasteiger partial charge is 0.395 e. The van der Waals surface area contributed by atoms with Crippen molar-refractivity contribution < 1.29 is 5.11 Å². The number of aliphatic hydroxyl groups excluding tert-OH is 1. The Morgan fingerprint density at radius 3 is 2.53 bits per heavy atom. The number of nitrogens with one attached hydrogen (secondary N) is 2. The van der Waals surface area contributed by atoms with Crippen LogP contribution in [0.15, 0.2) is 24.3 Å². The van der Waals surface area contributed by atoms with Gasteiger partial charge in [0.25, 0.3) is 0 Å². The van der Waals surface area contributed by atoms with Crippen molar-refractivity contribution in [3.63, 3.8) is 0 Å². The highest BCUT2D eigenvalue weighted by Gasteiger charge is 1.95. The molecule has 0 aliphatic rings. The summed E-state index contributed by atoms with van der Waals surface area (Å²) < 4.78 is 0. The van der Waals surface area contributed by atoms with E-state index in [-0.39, 0.29) is 6.61 Å². The van der Waals surface area contributed by atoms with Gasteiger partial charge in [0.15, 0.2) is 0 Å².